The molecule has 1 aromatic carbocycles. The average Bonchev–Trinajstić information content (AvgIpc) is 2.21. The molecule has 0 saturated heterocycles. The number of nitrogens with zero attached hydrogens (tertiary/aromatic N) is 1. The van der Waals surface area contributed by atoms with Crippen molar-refractivity contribution in [1.29, 1.82) is 0 Å². The normalized spacial score (nSPS) is 11.0. The molecule has 0 radical (unpaired) electrons. The Morgan fingerprint density at radius 3 is 2.40 bits per heavy atom. The third-order valence-electron chi connectivity index (χ3n) is 1.42. The van der Waals surface area contributed by atoms with Crippen molar-refractivity contribution in [3.05, 3.63) is 35.4 Å². The van der Waals surface area contributed by atoms with Crippen molar-refractivity contribution in [1.82, 2.24) is 0 Å². The predicted octanol–water partition coefficient (Wildman–Crippen LogP) is 2.09. The van der Waals surface area contributed by atoms with Crippen LogP contribution in [0.15, 0.2) is 29.4 Å². The van der Waals surface area contributed by atoms with Crippen LogP contribution in [0.4, 0.5) is 13.2 Å². The molecule has 1 aromatic rings. The first kappa shape index (κ1) is 13.4. The second kappa shape index (κ2) is 6.02. The van der Waals surface area contributed by atoms with Crippen LogP contribution in [-0.4, -0.2) is 18.5 Å². The molecule has 0 atom stereocenters. The molecule has 0 saturated carbocycles. The van der Waals surface area contributed by atoms with Gasteiger partial charge in [-0.3, -0.25) is 0 Å². The molecule has 0 aliphatic heterocycles. The number of oxime groups is 1. The molecule has 1 rings (SSSR count). The molecule has 0 heterocycles. The van der Waals surface area contributed by atoms with E-state index in [2.05, 4.69) is 10.9 Å². The predicted molar refractivity (Wildman–Crippen MR) is 50.9 cm³/mol. The molecule has 0 aliphatic carbocycles. The first-order chi connectivity index (χ1) is 7.04. The Morgan fingerprint density at radius 1 is 1.33 bits per heavy atom. The Kier molecular flexibility index (Phi) is 5.40. The van der Waals surface area contributed by atoms with Crippen molar-refractivity contribution in [2.75, 3.05) is 7.05 Å². The highest BCUT2D eigenvalue weighted by molar-refractivity contribution is 5.79. The molecule has 3 N–H and O–H groups in total. The quantitative estimate of drug-likeness (QED) is 0.432. The van der Waals surface area contributed by atoms with Gasteiger partial charge < -0.3 is 10.9 Å². The van der Waals surface area contributed by atoms with Gasteiger partial charge in [0.25, 0.3) is 0 Å². The summed E-state index contributed by atoms with van der Waals surface area (Å²) in [6.07, 6.45) is -3.42. The Balaban J connectivity index is 0.000000921. The summed E-state index contributed by atoms with van der Waals surface area (Å²) in [5.74, 6) is 0. The lowest BCUT2D eigenvalue weighted by molar-refractivity contribution is -0.137. The van der Waals surface area contributed by atoms with Gasteiger partial charge in [0.2, 0.25) is 0 Å². The maximum absolute atomic E-state index is 12.1. The fourth-order valence-corrected chi connectivity index (χ4v) is 0.862. The summed E-state index contributed by atoms with van der Waals surface area (Å²) in [6, 6.07) is 4.52. The average molecular weight is 220 g/mol. The fraction of sp³-hybridized carbons (Fsp3) is 0.222. The number of rotatable bonds is 1. The van der Waals surface area contributed by atoms with Crippen molar-refractivity contribution in [2.24, 2.45) is 10.9 Å². The van der Waals surface area contributed by atoms with Crippen molar-refractivity contribution < 1.29 is 18.4 Å². The molecule has 0 bridgehead atoms. The fourth-order valence-electron chi connectivity index (χ4n) is 0.862. The van der Waals surface area contributed by atoms with Crippen LogP contribution in [0.2, 0.25) is 0 Å². The molecule has 0 unspecified atom stereocenters. The first-order valence-corrected chi connectivity index (χ1v) is 3.96. The maximum Gasteiger partial charge on any atom is 0.416 e. The van der Waals surface area contributed by atoms with E-state index < -0.39 is 11.7 Å². The zero-order chi connectivity index (χ0) is 11.9. The second-order valence-corrected chi connectivity index (χ2v) is 2.37. The van der Waals surface area contributed by atoms with Crippen LogP contribution in [0, 0.1) is 0 Å². The first-order valence-electron chi connectivity index (χ1n) is 3.96. The molecule has 3 nitrogen and oxygen atoms in total. The minimum atomic E-state index is -4.36. The van der Waals surface area contributed by atoms with Crippen molar-refractivity contribution in [3.8, 4) is 0 Å². The van der Waals surface area contributed by atoms with Gasteiger partial charge >= 0.3 is 6.18 Å². The molecule has 0 aliphatic rings. The van der Waals surface area contributed by atoms with Gasteiger partial charge in [-0.2, -0.15) is 13.2 Å². The molecule has 0 aromatic heterocycles. The van der Waals surface area contributed by atoms with Crippen LogP contribution in [0.1, 0.15) is 11.1 Å². The van der Waals surface area contributed by atoms with E-state index in [4.69, 9.17) is 5.21 Å². The third kappa shape index (κ3) is 4.46. The molecular weight excluding hydrogens is 209 g/mol. The Morgan fingerprint density at radius 2 is 1.93 bits per heavy atom. The lowest BCUT2D eigenvalue weighted by Gasteiger charge is -2.05. The van der Waals surface area contributed by atoms with Crippen LogP contribution >= 0.6 is 0 Å². The number of benzene rings is 1. The highest BCUT2D eigenvalue weighted by Gasteiger charge is 2.30. The standard InChI is InChI=1S/C8H6F3NO.CH5N/c9-8(10,11)7-3-1-2-6(4-7)5-12-13;1-2/h1-5,13H;2H2,1H3. The van der Waals surface area contributed by atoms with E-state index in [1.165, 1.54) is 19.2 Å². The number of hydrogen-bond acceptors (Lipinski definition) is 3. The topological polar surface area (TPSA) is 58.6 Å². The summed E-state index contributed by atoms with van der Waals surface area (Å²) in [4.78, 5) is 0. The molecule has 0 fully saturated rings. The summed E-state index contributed by atoms with van der Waals surface area (Å²) in [5.41, 5.74) is 3.95. The van der Waals surface area contributed by atoms with Gasteiger partial charge in [0.1, 0.15) is 0 Å². The minimum Gasteiger partial charge on any atom is -0.411 e. The van der Waals surface area contributed by atoms with Gasteiger partial charge in [-0.15, -0.1) is 0 Å². The lowest BCUT2D eigenvalue weighted by atomic mass is 10.1. The van der Waals surface area contributed by atoms with Gasteiger partial charge in [-0.1, -0.05) is 17.3 Å². The van der Waals surface area contributed by atoms with Gasteiger partial charge in [0.15, 0.2) is 0 Å². The van der Waals surface area contributed by atoms with Gasteiger partial charge in [-0.25, -0.2) is 0 Å². The molecule has 6 heteroatoms. The Bertz CT molecular complexity index is 323. The summed E-state index contributed by atoms with van der Waals surface area (Å²) in [6.45, 7) is 0. The van der Waals surface area contributed by atoms with E-state index in [0.717, 1.165) is 18.3 Å². The number of halogens is 3. The van der Waals surface area contributed by atoms with E-state index in [-0.39, 0.29) is 5.56 Å². The van der Waals surface area contributed by atoms with E-state index >= 15 is 0 Å². The monoisotopic (exact) mass is 220 g/mol. The Labute approximate surface area is 85.0 Å². The molecule has 15 heavy (non-hydrogen) atoms. The zero-order valence-corrected chi connectivity index (χ0v) is 7.99. The highest BCUT2D eigenvalue weighted by Crippen LogP contribution is 2.29. The molecular formula is C9H11F3N2O. The highest BCUT2D eigenvalue weighted by atomic mass is 19.4. The molecule has 0 spiro atoms. The van der Waals surface area contributed by atoms with Crippen molar-refractivity contribution >= 4 is 6.21 Å². The van der Waals surface area contributed by atoms with Gasteiger partial charge in [0.05, 0.1) is 11.8 Å². The molecule has 0 amide bonds. The molecule has 84 valence electrons. The second-order valence-electron chi connectivity index (χ2n) is 2.37. The number of nitrogens with two attached hydrogens (primary N) is 1. The number of hydrogen-bond donors (Lipinski definition) is 2. The summed E-state index contributed by atoms with van der Waals surface area (Å²) < 4.78 is 36.3. The van der Waals surface area contributed by atoms with Crippen LogP contribution in [0.25, 0.3) is 0 Å². The lowest BCUT2D eigenvalue weighted by Crippen LogP contribution is -2.04. The Hall–Kier alpha value is -1.56. The van der Waals surface area contributed by atoms with Crippen LogP contribution in [0.3, 0.4) is 0 Å². The van der Waals surface area contributed by atoms with E-state index in [9.17, 15) is 13.2 Å². The van der Waals surface area contributed by atoms with Crippen molar-refractivity contribution in [3.63, 3.8) is 0 Å². The van der Waals surface area contributed by atoms with Crippen LogP contribution in [0.5, 0.6) is 0 Å². The SMILES string of the molecule is CN.ON=Cc1cccc(C(F)(F)F)c1. The summed E-state index contributed by atoms with van der Waals surface area (Å²) >= 11 is 0. The smallest absolute Gasteiger partial charge is 0.411 e. The summed E-state index contributed by atoms with van der Waals surface area (Å²) in [7, 11) is 1.50. The largest absolute Gasteiger partial charge is 0.416 e. The van der Waals surface area contributed by atoms with Gasteiger partial charge in [0, 0.05) is 0 Å². The number of alkyl halides is 3. The van der Waals surface area contributed by atoms with Crippen molar-refractivity contribution in [2.45, 2.75) is 6.18 Å². The van der Waals surface area contributed by atoms with Crippen LogP contribution < -0.4 is 5.73 Å². The zero-order valence-electron chi connectivity index (χ0n) is 7.99. The van der Waals surface area contributed by atoms with Gasteiger partial charge in [-0.05, 0) is 24.7 Å². The van der Waals surface area contributed by atoms with E-state index in [0.29, 0.717) is 0 Å². The van der Waals surface area contributed by atoms with Crippen LogP contribution in [-0.2, 0) is 6.18 Å². The van der Waals surface area contributed by atoms with E-state index in [1.807, 2.05) is 0 Å². The summed E-state index contributed by atoms with van der Waals surface area (Å²) in [5, 5.41) is 10.7. The van der Waals surface area contributed by atoms with E-state index in [1.54, 1.807) is 0 Å². The maximum atomic E-state index is 12.1. The minimum absolute atomic E-state index is 0.206. The third-order valence-corrected chi connectivity index (χ3v) is 1.42.